The maximum absolute atomic E-state index is 15.0. The molecule has 1 heterocycles. The van der Waals surface area contributed by atoms with Crippen molar-refractivity contribution in [2.45, 2.75) is 44.8 Å². The second-order valence-electron chi connectivity index (χ2n) is 9.11. The molecule has 9 heteroatoms. The van der Waals surface area contributed by atoms with E-state index in [-0.39, 0.29) is 54.7 Å². The summed E-state index contributed by atoms with van der Waals surface area (Å²) in [5.41, 5.74) is 0.579. The van der Waals surface area contributed by atoms with Crippen molar-refractivity contribution in [3.05, 3.63) is 100 Å². The van der Waals surface area contributed by atoms with Crippen molar-refractivity contribution in [1.82, 2.24) is 0 Å². The van der Waals surface area contributed by atoms with Gasteiger partial charge in [0.15, 0.2) is 29.6 Å². The number of rotatable bonds is 8. The van der Waals surface area contributed by atoms with Gasteiger partial charge in [0.2, 0.25) is 0 Å². The van der Waals surface area contributed by atoms with E-state index in [0.29, 0.717) is 12.0 Å². The standard InChI is InChI=1S/C29H25F7O2/c1-2-3-22(30)28(35)18-6-8-20(24(32)13-18)17-5-7-21(23(31)12-17)19-14-37-27(38-15-19)9-4-16-10-25(33)29(36)26(34)11-16/h5-8,10-13,19,27H,2-4,9,14-15H2,1H3. The Bertz CT molecular complexity index is 1310. The fourth-order valence-electron chi connectivity index (χ4n) is 4.32. The third-order valence-corrected chi connectivity index (χ3v) is 6.36. The van der Waals surface area contributed by atoms with Crippen molar-refractivity contribution < 1.29 is 40.2 Å². The van der Waals surface area contributed by atoms with Crippen LogP contribution in [0.1, 0.15) is 48.8 Å². The number of ether oxygens (including phenoxy) is 2. The van der Waals surface area contributed by atoms with E-state index in [1.54, 1.807) is 6.92 Å². The molecule has 1 fully saturated rings. The van der Waals surface area contributed by atoms with Gasteiger partial charge in [0.05, 0.1) is 13.2 Å². The molecule has 0 unspecified atom stereocenters. The van der Waals surface area contributed by atoms with Crippen LogP contribution in [0.4, 0.5) is 30.7 Å². The summed E-state index contributed by atoms with van der Waals surface area (Å²) in [6.07, 6.45) is 0.0648. The van der Waals surface area contributed by atoms with Gasteiger partial charge >= 0.3 is 0 Å². The van der Waals surface area contributed by atoms with Crippen LogP contribution >= 0.6 is 0 Å². The van der Waals surface area contributed by atoms with Crippen LogP contribution in [-0.4, -0.2) is 19.5 Å². The Labute approximate surface area is 215 Å². The topological polar surface area (TPSA) is 18.5 Å². The van der Waals surface area contributed by atoms with E-state index < -0.39 is 52.9 Å². The number of allylic oxidation sites excluding steroid dienone is 1. The Morgan fingerprint density at radius 1 is 0.816 bits per heavy atom. The first-order valence-electron chi connectivity index (χ1n) is 12.2. The lowest BCUT2D eigenvalue weighted by Gasteiger charge is -2.30. The zero-order valence-electron chi connectivity index (χ0n) is 20.5. The highest BCUT2D eigenvalue weighted by Crippen LogP contribution is 2.33. The van der Waals surface area contributed by atoms with Crippen LogP contribution < -0.4 is 0 Å². The van der Waals surface area contributed by atoms with Gasteiger partial charge in [-0.05, 0) is 53.8 Å². The Hall–Kier alpha value is -3.17. The van der Waals surface area contributed by atoms with Gasteiger partial charge in [0.1, 0.15) is 17.5 Å². The molecule has 202 valence electrons. The molecule has 1 aliphatic heterocycles. The highest BCUT2D eigenvalue weighted by atomic mass is 19.2. The van der Waals surface area contributed by atoms with E-state index in [4.69, 9.17) is 9.47 Å². The lowest BCUT2D eigenvalue weighted by atomic mass is 9.95. The average molecular weight is 539 g/mol. The van der Waals surface area contributed by atoms with E-state index in [9.17, 15) is 30.7 Å². The van der Waals surface area contributed by atoms with Crippen LogP contribution in [0.25, 0.3) is 17.0 Å². The molecule has 0 radical (unpaired) electrons. The van der Waals surface area contributed by atoms with Crippen LogP contribution in [-0.2, 0) is 15.9 Å². The summed E-state index contributed by atoms with van der Waals surface area (Å²) in [6.45, 7) is 1.93. The second-order valence-corrected chi connectivity index (χ2v) is 9.11. The zero-order chi connectivity index (χ0) is 27.4. The van der Waals surface area contributed by atoms with E-state index in [1.165, 1.54) is 24.3 Å². The third kappa shape index (κ3) is 6.27. The first kappa shape index (κ1) is 27.9. The van der Waals surface area contributed by atoms with Gasteiger partial charge in [-0.1, -0.05) is 31.2 Å². The van der Waals surface area contributed by atoms with Crippen molar-refractivity contribution >= 4 is 5.83 Å². The molecular weight excluding hydrogens is 513 g/mol. The summed E-state index contributed by atoms with van der Waals surface area (Å²) >= 11 is 0. The highest BCUT2D eigenvalue weighted by Gasteiger charge is 2.26. The molecule has 3 aromatic rings. The number of benzene rings is 3. The first-order valence-corrected chi connectivity index (χ1v) is 12.2. The van der Waals surface area contributed by atoms with Crippen molar-refractivity contribution in [1.29, 1.82) is 0 Å². The molecule has 38 heavy (non-hydrogen) atoms. The van der Waals surface area contributed by atoms with Gasteiger partial charge in [-0.15, -0.1) is 0 Å². The number of hydrogen-bond acceptors (Lipinski definition) is 2. The van der Waals surface area contributed by atoms with E-state index in [2.05, 4.69) is 0 Å². The number of halogens is 7. The van der Waals surface area contributed by atoms with Crippen LogP contribution in [0.2, 0.25) is 0 Å². The molecule has 4 rings (SSSR count). The van der Waals surface area contributed by atoms with Crippen LogP contribution in [0.15, 0.2) is 54.4 Å². The summed E-state index contributed by atoms with van der Waals surface area (Å²) < 4.78 is 109. The normalized spacial score (nSPS) is 18.4. The predicted octanol–water partition coefficient (Wildman–Crippen LogP) is 8.55. The fourth-order valence-corrected chi connectivity index (χ4v) is 4.32. The number of hydrogen-bond donors (Lipinski definition) is 0. The Kier molecular flexibility index (Phi) is 8.89. The van der Waals surface area contributed by atoms with Crippen molar-refractivity contribution in [3.8, 4) is 11.1 Å². The Balaban J connectivity index is 1.39. The molecule has 0 aliphatic carbocycles. The summed E-state index contributed by atoms with van der Waals surface area (Å²) in [5.74, 6) is -8.03. The second kappa shape index (κ2) is 12.1. The maximum Gasteiger partial charge on any atom is 0.194 e. The van der Waals surface area contributed by atoms with Crippen LogP contribution in [0.3, 0.4) is 0 Å². The minimum Gasteiger partial charge on any atom is -0.352 e. The van der Waals surface area contributed by atoms with Gasteiger partial charge in [-0.2, -0.15) is 0 Å². The van der Waals surface area contributed by atoms with E-state index in [0.717, 1.165) is 24.3 Å². The molecule has 0 saturated carbocycles. The van der Waals surface area contributed by atoms with E-state index >= 15 is 0 Å². The average Bonchev–Trinajstić information content (AvgIpc) is 2.90. The summed E-state index contributed by atoms with van der Waals surface area (Å²) in [4.78, 5) is 0. The van der Waals surface area contributed by atoms with Gasteiger partial charge < -0.3 is 9.47 Å². The van der Waals surface area contributed by atoms with E-state index in [1.807, 2.05) is 0 Å². The lowest BCUT2D eigenvalue weighted by molar-refractivity contribution is -0.189. The summed E-state index contributed by atoms with van der Waals surface area (Å²) in [6, 6.07) is 9.38. The molecular formula is C29H25F7O2. The van der Waals surface area contributed by atoms with Gasteiger partial charge in [0.25, 0.3) is 0 Å². The molecule has 1 aliphatic rings. The molecule has 2 nitrogen and oxygen atoms in total. The number of aryl methyl sites for hydroxylation is 1. The fraction of sp³-hybridized carbons (Fsp3) is 0.310. The molecule has 0 amide bonds. The lowest BCUT2D eigenvalue weighted by Crippen LogP contribution is -2.31. The Morgan fingerprint density at radius 2 is 1.50 bits per heavy atom. The Morgan fingerprint density at radius 3 is 2.11 bits per heavy atom. The smallest absolute Gasteiger partial charge is 0.194 e. The first-order chi connectivity index (χ1) is 18.2. The molecule has 3 aromatic carbocycles. The molecule has 0 aromatic heterocycles. The SMILES string of the molecule is CCCC(F)=C(F)c1ccc(-c2ccc(C3COC(CCc4cc(F)c(F)c(F)c4)OC3)c(F)c2)c(F)c1. The minimum atomic E-state index is -1.53. The largest absolute Gasteiger partial charge is 0.352 e. The van der Waals surface area contributed by atoms with Crippen molar-refractivity contribution in [2.24, 2.45) is 0 Å². The monoisotopic (exact) mass is 538 g/mol. The van der Waals surface area contributed by atoms with Gasteiger partial charge in [-0.25, -0.2) is 30.7 Å². The quantitative estimate of drug-likeness (QED) is 0.211. The predicted molar refractivity (Wildman–Crippen MR) is 129 cm³/mol. The zero-order valence-corrected chi connectivity index (χ0v) is 20.5. The molecule has 0 N–H and O–H groups in total. The molecule has 0 atom stereocenters. The van der Waals surface area contributed by atoms with Crippen LogP contribution in [0, 0.1) is 29.1 Å². The molecule has 0 bridgehead atoms. The van der Waals surface area contributed by atoms with Crippen LogP contribution in [0.5, 0.6) is 0 Å². The van der Waals surface area contributed by atoms with Crippen molar-refractivity contribution in [2.75, 3.05) is 13.2 Å². The minimum absolute atomic E-state index is 0.0350. The highest BCUT2D eigenvalue weighted by molar-refractivity contribution is 5.69. The molecule has 0 spiro atoms. The molecule has 1 saturated heterocycles. The third-order valence-electron chi connectivity index (χ3n) is 6.36. The summed E-state index contributed by atoms with van der Waals surface area (Å²) in [5, 5.41) is 0. The van der Waals surface area contributed by atoms with Gasteiger partial charge in [-0.3, -0.25) is 0 Å². The van der Waals surface area contributed by atoms with Crippen molar-refractivity contribution in [3.63, 3.8) is 0 Å². The maximum atomic E-state index is 15.0. The summed E-state index contributed by atoms with van der Waals surface area (Å²) in [7, 11) is 0. The van der Waals surface area contributed by atoms with Gasteiger partial charge in [0, 0.05) is 29.9 Å².